The number of carboxylic acid groups (broad SMARTS) is 1. The van der Waals surface area contributed by atoms with E-state index in [1.54, 1.807) is 0 Å². The van der Waals surface area contributed by atoms with Crippen LogP contribution in [-0.4, -0.2) is 67.0 Å². The second kappa shape index (κ2) is 7.03. The van der Waals surface area contributed by atoms with Gasteiger partial charge in [-0.15, -0.1) is 0 Å². The second-order valence-corrected chi connectivity index (χ2v) is 7.56. The van der Waals surface area contributed by atoms with Crippen molar-refractivity contribution in [1.29, 1.82) is 0 Å². The van der Waals surface area contributed by atoms with Crippen LogP contribution in [0.3, 0.4) is 0 Å². The van der Waals surface area contributed by atoms with Crippen LogP contribution in [-0.2, 0) is 19.4 Å². The van der Waals surface area contributed by atoms with Gasteiger partial charge in [0.05, 0.1) is 11.5 Å². The van der Waals surface area contributed by atoms with E-state index in [1.807, 2.05) is 13.8 Å². The Labute approximate surface area is 119 Å². The lowest BCUT2D eigenvalue weighted by molar-refractivity contribution is -0.145. The van der Waals surface area contributed by atoms with Crippen molar-refractivity contribution in [3.05, 3.63) is 0 Å². The van der Waals surface area contributed by atoms with Crippen molar-refractivity contribution < 1.29 is 23.1 Å². The van der Waals surface area contributed by atoms with Crippen molar-refractivity contribution in [3.63, 3.8) is 0 Å². The van der Waals surface area contributed by atoms with Gasteiger partial charge in [0, 0.05) is 25.0 Å². The molecule has 1 fully saturated rings. The van der Waals surface area contributed by atoms with Crippen molar-refractivity contribution in [1.82, 2.24) is 10.2 Å². The van der Waals surface area contributed by atoms with Gasteiger partial charge in [-0.25, -0.2) is 8.42 Å². The molecule has 2 N–H and O–H groups in total. The van der Waals surface area contributed by atoms with Gasteiger partial charge in [-0.2, -0.15) is 0 Å². The lowest BCUT2D eigenvalue weighted by Crippen LogP contribution is -2.45. The third kappa shape index (κ3) is 5.46. The third-order valence-corrected chi connectivity index (χ3v) is 4.92. The summed E-state index contributed by atoms with van der Waals surface area (Å²) in [6, 6.07) is -0.273. The van der Waals surface area contributed by atoms with E-state index in [1.165, 1.54) is 4.90 Å². The molecular weight excluding hydrogens is 284 g/mol. The summed E-state index contributed by atoms with van der Waals surface area (Å²) < 4.78 is 22.9. The number of amides is 1. The predicted octanol–water partition coefficient (Wildman–Crippen LogP) is -0.525. The molecule has 1 heterocycles. The molecular formula is C12H22N2O5S. The molecule has 1 aliphatic heterocycles. The van der Waals surface area contributed by atoms with E-state index < -0.39 is 28.4 Å². The zero-order valence-electron chi connectivity index (χ0n) is 11.8. The molecule has 0 aromatic carbocycles. The summed E-state index contributed by atoms with van der Waals surface area (Å²) in [5, 5.41) is 12.0. The van der Waals surface area contributed by atoms with E-state index in [0.29, 0.717) is 13.0 Å². The van der Waals surface area contributed by atoms with E-state index in [0.717, 1.165) is 0 Å². The quantitative estimate of drug-likeness (QED) is 0.655. The molecule has 0 aromatic heterocycles. The molecule has 1 atom stereocenters. The summed E-state index contributed by atoms with van der Waals surface area (Å²) in [6.45, 7) is 3.90. The Morgan fingerprint density at radius 2 is 2.05 bits per heavy atom. The zero-order chi connectivity index (χ0) is 15.3. The highest BCUT2D eigenvalue weighted by molar-refractivity contribution is 7.91. The van der Waals surface area contributed by atoms with E-state index >= 15 is 0 Å². The molecule has 1 unspecified atom stereocenters. The number of aliphatic carboxylic acids is 1. The highest BCUT2D eigenvalue weighted by atomic mass is 32.2. The summed E-state index contributed by atoms with van der Waals surface area (Å²) in [4.78, 5) is 24.1. The summed E-state index contributed by atoms with van der Waals surface area (Å²) in [5.74, 6) is -1.56. The molecule has 8 heteroatoms. The number of nitrogens with one attached hydrogen (secondary N) is 1. The molecule has 0 bridgehead atoms. The first-order chi connectivity index (χ1) is 9.21. The first-order valence-electron chi connectivity index (χ1n) is 6.66. The number of carboxylic acids is 1. The molecule has 1 aliphatic rings. The first-order valence-corrected chi connectivity index (χ1v) is 8.48. The smallest absolute Gasteiger partial charge is 0.323 e. The Kier molecular flexibility index (Phi) is 5.94. The Balaban J connectivity index is 2.64. The number of nitrogens with zero attached hydrogens (tertiary/aromatic N) is 1. The van der Waals surface area contributed by atoms with Crippen molar-refractivity contribution >= 4 is 21.7 Å². The van der Waals surface area contributed by atoms with Gasteiger partial charge in [0.15, 0.2) is 9.84 Å². The molecule has 0 saturated carbocycles. The molecule has 0 radical (unpaired) electrons. The maximum absolute atomic E-state index is 12.1. The highest BCUT2D eigenvalue weighted by Gasteiger charge is 2.35. The maximum Gasteiger partial charge on any atom is 0.323 e. The minimum atomic E-state index is -3.15. The minimum Gasteiger partial charge on any atom is -0.480 e. The van der Waals surface area contributed by atoms with E-state index in [4.69, 9.17) is 5.11 Å². The normalized spacial score (nSPS) is 21.1. The fraction of sp³-hybridized carbons (Fsp3) is 0.833. The van der Waals surface area contributed by atoms with Crippen LogP contribution in [0.4, 0.5) is 0 Å². The zero-order valence-corrected chi connectivity index (χ0v) is 12.6. The lowest BCUT2D eigenvalue weighted by atomic mass is 10.2. The van der Waals surface area contributed by atoms with Crippen LogP contribution in [0, 0.1) is 0 Å². The minimum absolute atomic E-state index is 0.0192. The molecule has 116 valence electrons. The van der Waals surface area contributed by atoms with Gasteiger partial charge >= 0.3 is 5.97 Å². The number of carbonyl (C=O) groups is 2. The third-order valence-electron chi connectivity index (χ3n) is 3.17. The number of rotatable bonds is 7. The van der Waals surface area contributed by atoms with Crippen LogP contribution in [0.15, 0.2) is 0 Å². The number of hydrogen-bond acceptors (Lipinski definition) is 5. The summed E-state index contributed by atoms with van der Waals surface area (Å²) in [5.41, 5.74) is 0. The molecule has 1 rings (SSSR count). The molecule has 0 aliphatic carbocycles. The van der Waals surface area contributed by atoms with Gasteiger partial charge in [0.25, 0.3) is 0 Å². The Morgan fingerprint density at radius 3 is 2.50 bits per heavy atom. The Hall–Kier alpha value is -1.15. The maximum atomic E-state index is 12.1. The fourth-order valence-electron chi connectivity index (χ4n) is 2.20. The van der Waals surface area contributed by atoms with Gasteiger partial charge in [0.2, 0.25) is 5.91 Å². The largest absolute Gasteiger partial charge is 0.480 e. The van der Waals surface area contributed by atoms with Crippen LogP contribution >= 0.6 is 0 Å². The van der Waals surface area contributed by atoms with Crippen LogP contribution in [0.25, 0.3) is 0 Å². The molecule has 0 aromatic rings. The van der Waals surface area contributed by atoms with E-state index in [-0.39, 0.29) is 29.9 Å². The molecule has 20 heavy (non-hydrogen) atoms. The lowest BCUT2D eigenvalue weighted by Gasteiger charge is -2.26. The van der Waals surface area contributed by atoms with Crippen LogP contribution in [0.5, 0.6) is 0 Å². The topological polar surface area (TPSA) is 104 Å². The molecule has 1 amide bonds. The van der Waals surface area contributed by atoms with E-state index in [2.05, 4.69) is 5.32 Å². The van der Waals surface area contributed by atoms with Gasteiger partial charge in [0.1, 0.15) is 6.54 Å². The van der Waals surface area contributed by atoms with Crippen molar-refractivity contribution in [2.45, 2.75) is 38.8 Å². The Bertz CT molecular complexity index is 460. The van der Waals surface area contributed by atoms with Gasteiger partial charge in [-0.3, -0.25) is 9.59 Å². The standard InChI is InChI=1S/C12H22N2O5S/c1-9(2)13-5-3-11(15)14(7-12(16)17)10-4-6-20(18,19)8-10/h9-10,13H,3-8H2,1-2H3,(H,16,17). The molecule has 7 nitrogen and oxygen atoms in total. The monoisotopic (exact) mass is 306 g/mol. The van der Waals surface area contributed by atoms with Crippen LogP contribution in [0.1, 0.15) is 26.7 Å². The van der Waals surface area contributed by atoms with Crippen molar-refractivity contribution in [3.8, 4) is 0 Å². The molecule has 1 saturated heterocycles. The molecule has 0 spiro atoms. The highest BCUT2D eigenvalue weighted by Crippen LogP contribution is 2.18. The number of carbonyl (C=O) groups excluding carboxylic acids is 1. The first kappa shape index (κ1) is 16.9. The average Bonchev–Trinajstić information content (AvgIpc) is 2.65. The van der Waals surface area contributed by atoms with Gasteiger partial charge in [-0.05, 0) is 6.42 Å². The van der Waals surface area contributed by atoms with Crippen molar-refractivity contribution in [2.75, 3.05) is 24.6 Å². The summed E-state index contributed by atoms with van der Waals surface area (Å²) >= 11 is 0. The van der Waals surface area contributed by atoms with Crippen LogP contribution < -0.4 is 5.32 Å². The Morgan fingerprint density at radius 1 is 1.40 bits per heavy atom. The van der Waals surface area contributed by atoms with Crippen molar-refractivity contribution in [2.24, 2.45) is 0 Å². The summed E-state index contributed by atoms with van der Waals surface area (Å²) in [6.07, 6.45) is 0.487. The number of sulfone groups is 1. The van der Waals surface area contributed by atoms with Gasteiger partial charge < -0.3 is 15.3 Å². The second-order valence-electron chi connectivity index (χ2n) is 5.33. The SMILES string of the molecule is CC(C)NCCC(=O)N(CC(=O)O)C1CCS(=O)(=O)C1. The predicted molar refractivity (Wildman–Crippen MR) is 74.2 cm³/mol. The average molecular weight is 306 g/mol. The van der Waals surface area contributed by atoms with Crippen LogP contribution in [0.2, 0.25) is 0 Å². The van der Waals surface area contributed by atoms with Gasteiger partial charge in [-0.1, -0.05) is 13.8 Å². The fourth-order valence-corrected chi connectivity index (χ4v) is 3.93. The van der Waals surface area contributed by atoms with E-state index in [9.17, 15) is 18.0 Å². The summed E-state index contributed by atoms with van der Waals surface area (Å²) in [7, 11) is -3.15. The number of hydrogen-bond donors (Lipinski definition) is 2.